The number of thioether (sulfide) groups is 1. The molecule has 0 radical (unpaired) electrons. The molecule has 3 nitrogen and oxygen atoms in total. The largest absolute Gasteiger partial charge is 0.352 e. The Bertz CT molecular complexity index is 367. The second kappa shape index (κ2) is 6.15. The predicted octanol–water partition coefficient (Wildman–Crippen LogP) is 3.08. The molecule has 1 atom stereocenters. The van der Waals surface area contributed by atoms with Gasteiger partial charge >= 0.3 is 0 Å². The van der Waals surface area contributed by atoms with Crippen LogP contribution in [-0.2, 0) is 6.54 Å². The summed E-state index contributed by atoms with van der Waals surface area (Å²) in [5, 5.41) is 4.05. The van der Waals surface area contributed by atoms with Crippen molar-refractivity contribution in [2.75, 3.05) is 17.6 Å². The predicted molar refractivity (Wildman–Crippen MR) is 75.7 cm³/mol. The van der Waals surface area contributed by atoms with Crippen LogP contribution in [0.15, 0.2) is 18.9 Å². The third-order valence-electron chi connectivity index (χ3n) is 2.98. The van der Waals surface area contributed by atoms with Crippen LogP contribution in [0.2, 0.25) is 0 Å². The molecule has 0 saturated carbocycles. The van der Waals surface area contributed by atoms with Crippen LogP contribution in [0.5, 0.6) is 0 Å². The summed E-state index contributed by atoms with van der Waals surface area (Å²) in [6.45, 7) is 7.62. The van der Waals surface area contributed by atoms with E-state index < -0.39 is 0 Å². The quantitative estimate of drug-likeness (QED) is 0.816. The SMILES string of the molecule is C=CCNc1nc(C)cn1CC1CCCCS1. The number of hydrogen-bond acceptors (Lipinski definition) is 3. The fourth-order valence-electron chi connectivity index (χ4n) is 2.16. The molecule has 0 bridgehead atoms. The molecule has 0 amide bonds. The number of hydrogen-bond donors (Lipinski definition) is 1. The van der Waals surface area contributed by atoms with Crippen molar-refractivity contribution in [1.29, 1.82) is 0 Å². The average molecular weight is 251 g/mol. The smallest absolute Gasteiger partial charge is 0.203 e. The Morgan fingerprint density at radius 1 is 1.65 bits per heavy atom. The Morgan fingerprint density at radius 3 is 3.24 bits per heavy atom. The van der Waals surface area contributed by atoms with Gasteiger partial charge in [0.25, 0.3) is 0 Å². The van der Waals surface area contributed by atoms with E-state index in [4.69, 9.17) is 0 Å². The molecule has 0 spiro atoms. The van der Waals surface area contributed by atoms with E-state index in [0.29, 0.717) is 0 Å². The van der Waals surface area contributed by atoms with Gasteiger partial charge in [-0.05, 0) is 25.5 Å². The molecule has 94 valence electrons. The Kier molecular flexibility index (Phi) is 4.54. The van der Waals surface area contributed by atoms with Crippen LogP contribution in [0.4, 0.5) is 5.95 Å². The minimum atomic E-state index is 0.752. The molecule has 1 fully saturated rings. The second-order valence-corrected chi connectivity index (χ2v) is 5.92. The molecule has 2 heterocycles. The summed E-state index contributed by atoms with van der Waals surface area (Å²) in [6.07, 6.45) is 8.10. The molecule has 2 rings (SSSR count). The Balaban J connectivity index is 2.00. The van der Waals surface area contributed by atoms with Crippen LogP contribution in [0.3, 0.4) is 0 Å². The topological polar surface area (TPSA) is 29.9 Å². The summed E-state index contributed by atoms with van der Waals surface area (Å²) in [5.41, 5.74) is 1.08. The lowest BCUT2D eigenvalue weighted by molar-refractivity contribution is 0.586. The maximum absolute atomic E-state index is 4.51. The Morgan fingerprint density at radius 2 is 2.53 bits per heavy atom. The van der Waals surface area contributed by atoms with Gasteiger partial charge in [-0.15, -0.1) is 6.58 Å². The number of imidazole rings is 1. The minimum absolute atomic E-state index is 0.752. The highest BCUT2D eigenvalue weighted by molar-refractivity contribution is 7.99. The number of nitrogens with one attached hydrogen (secondary N) is 1. The van der Waals surface area contributed by atoms with Gasteiger partial charge in [0.1, 0.15) is 0 Å². The molecular weight excluding hydrogens is 230 g/mol. The van der Waals surface area contributed by atoms with E-state index in [1.54, 1.807) is 0 Å². The first-order valence-electron chi connectivity index (χ1n) is 6.29. The summed E-state index contributed by atoms with van der Waals surface area (Å²) in [6, 6.07) is 0. The highest BCUT2D eigenvalue weighted by atomic mass is 32.2. The molecule has 1 aliphatic heterocycles. The van der Waals surface area contributed by atoms with Crippen molar-refractivity contribution in [2.24, 2.45) is 0 Å². The van der Waals surface area contributed by atoms with Gasteiger partial charge in [-0.3, -0.25) is 0 Å². The van der Waals surface area contributed by atoms with Crippen molar-refractivity contribution in [2.45, 2.75) is 38.0 Å². The first kappa shape index (κ1) is 12.6. The molecule has 0 aliphatic carbocycles. The maximum Gasteiger partial charge on any atom is 0.203 e. The van der Waals surface area contributed by atoms with Crippen LogP contribution in [0, 0.1) is 6.92 Å². The van der Waals surface area contributed by atoms with Crippen molar-refractivity contribution < 1.29 is 0 Å². The van der Waals surface area contributed by atoms with Crippen LogP contribution in [0.1, 0.15) is 25.0 Å². The monoisotopic (exact) mass is 251 g/mol. The van der Waals surface area contributed by atoms with Crippen LogP contribution >= 0.6 is 11.8 Å². The van der Waals surface area contributed by atoms with Crippen LogP contribution < -0.4 is 5.32 Å². The van der Waals surface area contributed by atoms with Gasteiger partial charge in [-0.2, -0.15) is 11.8 Å². The third-order valence-corrected chi connectivity index (χ3v) is 4.36. The summed E-state index contributed by atoms with van der Waals surface area (Å²) >= 11 is 2.10. The minimum Gasteiger partial charge on any atom is -0.352 e. The first-order chi connectivity index (χ1) is 8.29. The fourth-order valence-corrected chi connectivity index (χ4v) is 3.46. The van der Waals surface area contributed by atoms with Gasteiger partial charge in [-0.25, -0.2) is 4.98 Å². The van der Waals surface area contributed by atoms with Crippen molar-refractivity contribution in [3.8, 4) is 0 Å². The maximum atomic E-state index is 4.51. The summed E-state index contributed by atoms with van der Waals surface area (Å²) in [4.78, 5) is 4.51. The van der Waals surface area contributed by atoms with Gasteiger partial charge in [-0.1, -0.05) is 12.5 Å². The second-order valence-electron chi connectivity index (χ2n) is 4.52. The highest BCUT2D eigenvalue weighted by Gasteiger charge is 2.16. The van der Waals surface area contributed by atoms with Crippen molar-refractivity contribution in [1.82, 2.24) is 9.55 Å². The highest BCUT2D eigenvalue weighted by Crippen LogP contribution is 2.27. The standard InChI is InChI=1S/C13H21N3S/c1-3-7-14-13-15-11(2)9-16(13)10-12-6-4-5-8-17-12/h3,9,12H,1,4-8,10H2,2H3,(H,14,15). The van der Waals surface area contributed by atoms with E-state index in [1.165, 1.54) is 25.0 Å². The molecule has 1 aliphatic rings. The summed E-state index contributed by atoms with van der Waals surface area (Å²) in [7, 11) is 0. The molecule has 4 heteroatoms. The van der Waals surface area contributed by atoms with Crippen LogP contribution in [-0.4, -0.2) is 27.1 Å². The van der Waals surface area contributed by atoms with Crippen molar-refractivity contribution >= 4 is 17.7 Å². The lowest BCUT2D eigenvalue weighted by atomic mass is 10.2. The summed E-state index contributed by atoms with van der Waals surface area (Å²) < 4.78 is 2.25. The van der Waals surface area contributed by atoms with E-state index in [-0.39, 0.29) is 0 Å². The molecular formula is C13H21N3S. The van der Waals surface area contributed by atoms with E-state index in [2.05, 4.69) is 39.4 Å². The normalized spacial score (nSPS) is 20.2. The third kappa shape index (κ3) is 3.53. The molecule has 0 aromatic carbocycles. The molecule has 17 heavy (non-hydrogen) atoms. The van der Waals surface area contributed by atoms with Crippen molar-refractivity contribution in [3.05, 3.63) is 24.5 Å². The van der Waals surface area contributed by atoms with Gasteiger partial charge in [0.05, 0.1) is 5.69 Å². The van der Waals surface area contributed by atoms with Crippen LogP contribution in [0.25, 0.3) is 0 Å². The number of nitrogens with zero attached hydrogens (tertiary/aromatic N) is 2. The zero-order valence-corrected chi connectivity index (χ0v) is 11.3. The van der Waals surface area contributed by atoms with E-state index in [1.807, 2.05) is 13.0 Å². The summed E-state index contributed by atoms with van der Waals surface area (Å²) in [5.74, 6) is 2.29. The molecule has 1 aromatic rings. The number of rotatable bonds is 5. The number of aromatic nitrogens is 2. The van der Waals surface area contributed by atoms with Gasteiger partial charge < -0.3 is 9.88 Å². The lowest BCUT2D eigenvalue weighted by Gasteiger charge is -2.22. The Hall–Kier alpha value is -0.900. The molecule has 1 aromatic heterocycles. The first-order valence-corrected chi connectivity index (χ1v) is 7.34. The van der Waals surface area contributed by atoms with E-state index in [9.17, 15) is 0 Å². The van der Waals surface area contributed by atoms with E-state index in [0.717, 1.165) is 30.0 Å². The number of aryl methyl sites for hydroxylation is 1. The zero-order valence-electron chi connectivity index (χ0n) is 10.5. The average Bonchev–Trinajstić information content (AvgIpc) is 2.68. The number of anilines is 1. The fraction of sp³-hybridized carbons (Fsp3) is 0.615. The lowest BCUT2D eigenvalue weighted by Crippen LogP contribution is -2.18. The molecule has 1 saturated heterocycles. The molecule has 1 N–H and O–H groups in total. The Labute approximate surface area is 108 Å². The van der Waals surface area contributed by atoms with E-state index >= 15 is 0 Å². The van der Waals surface area contributed by atoms with Gasteiger partial charge in [0.15, 0.2) is 0 Å². The molecule has 1 unspecified atom stereocenters. The van der Waals surface area contributed by atoms with Gasteiger partial charge in [0, 0.05) is 24.5 Å². The van der Waals surface area contributed by atoms with Gasteiger partial charge in [0.2, 0.25) is 5.95 Å². The van der Waals surface area contributed by atoms with Crippen molar-refractivity contribution in [3.63, 3.8) is 0 Å². The zero-order chi connectivity index (χ0) is 12.1.